The van der Waals surface area contributed by atoms with Gasteiger partial charge in [-0.3, -0.25) is 4.79 Å². The van der Waals surface area contributed by atoms with E-state index in [0.717, 1.165) is 28.4 Å². The van der Waals surface area contributed by atoms with E-state index in [1.165, 1.54) is 0 Å². The Morgan fingerprint density at radius 3 is 2.50 bits per heavy atom. The van der Waals surface area contributed by atoms with E-state index >= 15 is 0 Å². The van der Waals surface area contributed by atoms with Crippen molar-refractivity contribution in [3.63, 3.8) is 0 Å². The summed E-state index contributed by atoms with van der Waals surface area (Å²) in [6.45, 7) is 1.62. The van der Waals surface area contributed by atoms with Gasteiger partial charge in [0, 0.05) is 13.0 Å². The monoisotopic (exact) mass is 327 g/mol. The second-order valence-electron chi connectivity index (χ2n) is 5.60. The van der Waals surface area contributed by atoms with Crippen LogP contribution in [-0.4, -0.2) is 26.2 Å². The Kier molecular flexibility index (Phi) is 5.21. The van der Waals surface area contributed by atoms with Gasteiger partial charge in [0.2, 0.25) is 5.91 Å². The molecule has 0 radical (unpaired) electrons. The molecule has 0 aliphatic carbocycles. The van der Waals surface area contributed by atoms with Crippen molar-refractivity contribution >= 4 is 5.91 Å². The average Bonchev–Trinajstić information content (AvgIpc) is 2.65. The lowest BCUT2D eigenvalue weighted by Gasteiger charge is -2.19. The van der Waals surface area contributed by atoms with Crippen molar-refractivity contribution in [2.75, 3.05) is 20.3 Å². The lowest BCUT2D eigenvalue weighted by molar-refractivity contribution is -0.121. The second-order valence-corrected chi connectivity index (χ2v) is 5.60. The average molecular weight is 327 g/mol. The highest BCUT2D eigenvalue weighted by Gasteiger charge is 2.12. The van der Waals surface area contributed by atoms with Crippen LogP contribution >= 0.6 is 0 Å². The number of fused-ring (bicyclic) bond motifs is 1. The highest BCUT2D eigenvalue weighted by Crippen LogP contribution is 2.30. The number of aryl methyl sites for hydroxylation is 1. The van der Waals surface area contributed by atoms with Gasteiger partial charge in [0.25, 0.3) is 0 Å². The topological polar surface area (TPSA) is 56.8 Å². The minimum Gasteiger partial charge on any atom is -0.497 e. The number of carbonyl (C=O) groups excluding carboxylic acids is 1. The Labute approximate surface area is 141 Å². The Bertz CT molecular complexity index is 697. The number of hydrogen-bond donors (Lipinski definition) is 1. The highest BCUT2D eigenvalue weighted by molar-refractivity contribution is 5.76. The van der Waals surface area contributed by atoms with Crippen molar-refractivity contribution in [1.82, 2.24) is 5.32 Å². The first-order valence-corrected chi connectivity index (χ1v) is 8.03. The van der Waals surface area contributed by atoms with Crippen LogP contribution in [-0.2, 0) is 17.8 Å². The van der Waals surface area contributed by atoms with Crippen LogP contribution < -0.4 is 19.5 Å². The van der Waals surface area contributed by atoms with Crippen LogP contribution in [0.4, 0.5) is 0 Å². The van der Waals surface area contributed by atoms with Gasteiger partial charge in [0.05, 0.1) is 7.11 Å². The van der Waals surface area contributed by atoms with Crippen molar-refractivity contribution < 1.29 is 19.0 Å². The van der Waals surface area contributed by atoms with Gasteiger partial charge in [0.15, 0.2) is 11.5 Å². The third-order valence-electron chi connectivity index (χ3n) is 3.90. The molecular weight excluding hydrogens is 306 g/mol. The number of hydrogen-bond acceptors (Lipinski definition) is 4. The van der Waals surface area contributed by atoms with Gasteiger partial charge in [-0.05, 0) is 41.8 Å². The molecule has 2 aromatic carbocycles. The minimum absolute atomic E-state index is 0.0284. The van der Waals surface area contributed by atoms with Gasteiger partial charge in [-0.1, -0.05) is 18.2 Å². The van der Waals surface area contributed by atoms with Gasteiger partial charge >= 0.3 is 0 Å². The van der Waals surface area contributed by atoms with Crippen molar-refractivity contribution in [1.29, 1.82) is 0 Å². The Balaban J connectivity index is 1.46. The van der Waals surface area contributed by atoms with Crippen LogP contribution in [0.3, 0.4) is 0 Å². The molecule has 0 atom stereocenters. The van der Waals surface area contributed by atoms with Crippen molar-refractivity contribution in [2.45, 2.75) is 19.4 Å². The lowest BCUT2D eigenvalue weighted by atomic mass is 10.1. The van der Waals surface area contributed by atoms with Crippen molar-refractivity contribution in [3.8, 4) is 17.2 Å². The maximum atomic E-state index is 12.0. The highest BCUT2D eigenvalue weighted by atomic mass is 16.6. The molecule has 126 valence electrons. The lowest BCUT2D eigenvalue weighted by Crippen LogP contribution is -2.23. The SMILES string of the molecule is COc1ccc(CCC(=O)NCc2ccc3c(c2)OCCO3)cc1. The third kappa shape index (κ3) is 4.19. The summed E-state index contributed by atoms with van der Waals surface area (Å²) in [5.74, 6) is 2.35. The molecule has 0 fully saturated rings. The van der Waals surface area contributed by atoms with E-state index in [0.29, 0.717) is 32.6 Å². The third-order valence-corrected chi connectivity index (χ3v) is 3.90. The van der Waals surface area contributed by atoms with Crippen molar-refractivity contribution in [3.05, 3.63) is 53.6 Å². The number of methoxy groups -OCH3 is 1. The minimum atomic E-state index is 0.0284. The van der Waals surface area contributed by atoms with E-state index in [1.54, 1.807) is 7.11 Å². The first-order chi connectivity index (χ1) is 11.7. The molecule has 1 N–H and O–H groups in total. The summed E-state index contributed by atoms with van der Waals surface area (Å²) in [6.07, 6.45) is 1.16. The summed E-state index contributed by atoms with van der Waals surface area (Å²) in [6, 6.07) is 13.5. The first-order valence-electron chi connectivity index (χ1n) is 8.03. The maximum absolute atomic E-state index is 12.0. The van der Waals surface area contributed by atoms with Gasteiger partial charge in [-0.15, -0.1) is 0 Å². The molecule has 0 unspecified atom stereocenters. The van der Waals surface area contributed by atoms with E-state index in [2.05, 4.69) is 5.32 Å². The quantitative estimate of drug-likeness (QED) is 0.886. The number of benzene rings is 2. The van der Waals surface area contributed by atoms with Crippen LogP contribution in [0.2, 0.25) is 0 Å². The first kappa shape index (κ1) is 16.2. The summed E-state index contributed by atoms with van der Waals surface area (Å²) in [4.78, 5) is 12.0. The molecule has 1 aliphatic rings. The van der Waals surface area contributed by atoms with Crippen LogP contribution in [0.5, 0.6) is 17.2 Å². The maximum Gasteiger partial charge on any atom is 0.220 e. The largest absolute Gasteiger partial charge is 0.497 e. The normalized spacial score (nSPS) is 12.5. The van der Waals surface area contributed by atoms with E-state index in [1.807, 2.05) is 42.5 Å². The molecule has 0 saturated carbocycles. The van der Waals surface area contributed by atoms with Crippen LogP contribution in [0.25, 0.3) is 0 Å². The molecule has 5 heteroatoms. The molecular formula is C19H21NO4. The van der Waals surface area contributed by atoms with Crippen LogP contribution in [0.1, 0.15) is 17.5 Å². The molecule has 0 spiro atoms. The summed E-state index contributed by atoms with van der Waals surface area (Å²) in [5, 5.41) is 2.94. The predicted molar refractivity (Wildman–Crippen MR) is 90.6 cm³/mol. The van der Waals surface area contributed by atoms with Crippen molar-refractivity contribution in [2.24, 2.45) is 0 Å². The number of carbonyl (C=O) groups is 1. The molecule has 0 bridgehead atoms. The predicted octanol–water partition coefficient (Wildman–Crippen LogP) is 2.72. The Morgan fingerprint density at radius 2 is 1.75 bits per heavy atom. The van der Waals surface area contributed by atoms with Crippen LogP contribution in [0, 0.1) is 0 Å². The summed E-state index contributed by atoms with van der Waals surface area (Å²) in [5.41, 5.74) is 2.11. The number of amides is 1. The fourth-order valence-corrected chi connectivity index (χ4v) is 2.54. The zero-order chi connectivity index (χ0) is 16.8. The summed E-state index contributed by atoms with van der Waals surface area (Å²) < 4.78 is 16.2. The molecule has 1 heterocycles. The van der Waals surface area contributed by atoms with Gasteiger partial charge in [-0.2, -0.15) is 0 Å². The van der Waals surface area contributed by atoms with E-state index in [4.69, 9.17) is 14.2 Å². The number of ether oxygens (including phenoxy) is 3. The molecule has 0 saturated heterocycles. The zero-order valence-electron chi connectivity index (χ0n) is 13.7. The van der Waals surface area contributed by atoms with Crippen LogP contribution in [0.15, 0.2) is 42.5 Å². The zero-order valence-corrected chi connectivity index (χ0v) is 13.7. The summed E-state index contributed by atoms with van der Waals surface area (Å²) >= 11 is 0. The fourth-order valence-electron chi connectivity index (χ4n) is 2.54. The Morgan fingerprint density at radius 1 is 1.04 bits per heavy atom. The van der Waals surface area contributed by atoms with E-state index < -0.39 is 0 Å². The smallest absolute Gasteiger partial charge is 0.220 e. The van der Waals surface area contributed by atoms with E-state index in [-0.39, 0.29) is 5.91 Å². The molecule has 0 aromatic heterocycles. The second kappa shape index (κ2) is 7.73. The van der Waals surface area contributed by atoms with Gasteiger partial charge < -0.3 is 19.5 Å². The molecule has 5 nitrogen and oxygen atoms in total. The van der Waals surface area contributed by atoms with Gasteiger partial charge in [-0.25, -0.2) is 0 Å². The standard InChI is InChI=1S/C19H21NO4/c1-22-16-6-2-14(3-7-16)5-9-19(21)20-13-15-4-8-17-18(12-15)24-11-10-23-17/h2-4,6-8,12H,5,9-11,13H2,1H3,(H,20,21). The molecule has 1 amide bonds. The van der Waals surface area contributed by atoms with Gasteiger partial charge in [0.1, 0.15) is 19.0 Å². The molecule has 1 aliphatic heterocycles. The fraction of sp³-hybridized carbons (Fsp3) is 0.316. The number of nitrogens with one attached hydrogen (secondary N) is 1. The summed E-state index contributed by atoms with van der Waals surface area (Å²) in [7, 11) is 1.64. The molecule has 3 rings (SSSR count). The Hall–Kier alpha value is -2.69. The van der Waals surface area contributed by atoms with E-state index in [9.17, 15) is 4.79 Å². The molecule has 2 aromatic rings. The molecule has 24 heavy (non-hydrogen) atoms. The number of rotatable bonds is 6.